The Hall–Kier alpha value is -1.40. The Balaban J connectivity index is 1.44. The maximum Gasteiger partial charge on any atom is 0.315 e. The molecule has 0 amide bonds. The lowest BCUT2D eigenvalue weighted by Gasteiger charge is -2.51. The molecule has 2 N–H and O–H groups in total. The molecule has 29 heavy (non-hydrogen) atoms. The second-order valence-electron chi connectivity index (χ2n) is 9.78. The molecule has 2 heterocycles. The first-order chi connectivity index (χ1) is 13.9. The molecule has 1 saturated carbocycles. The molecule has 0 aromatic rings. The lowest BCUT2D eigenvalue weighted by atomic mass is 9.55. The minimum atomic E-state index is -0.546. The van der Waals surface area contributed by atoms with Gasteiger partial charge in [-0.2, -0.15) is 0 Å². The summed E-state index contributed by atoms with van der Waals surface area (Å²) in [6.45, 7) is 9.09. The van der Waals surface area contributed by atoms with Crippen LogP contribution in [-0.2, 0) is 19.1 Å². The maximum atomic E-state index is 12.8. The van der Waals surface area contributed by atoms with Crippen molar-refractivity contribution < 1.29 is 29.1 Å². The van der Waals surface area contributed by atoms with Crippen LogP contribution < -0.4 is 4.90 Å². The molecule has 6 heteroatoms. The zero-order valence-corrected chi connectivity index (χ0v) is 18.0. The van der Waals surface area contributed by atoms with Crippen LogP contribution in [0.1, 0.15) is 52.9 Å². The third kappa shape index (κ3) is 3.52. The average molecular weight is 407 g/mol. The minimum absolute atomic E-state index is 0.0167. The van der Waals surface area contributed by atoms with Gasteiger partial charge in [0.05, 0.1) is 38.3 Å². The topological polar surface area (TPSA) is 77.3 Å². The highest BCUT2D eigenvalue weighted by Gasteiger charge is 2.60. The quantitative estimate of drug-likeness (QED) is 0.541. The van der Waals surface area contributed by atoms with E-state index in [0.29, 0.717) is 19.1 Å². The van der Waals surface area contributed by atoms with Crippen LogP contribution in [0.4, 0.5) is 0 Å². The van der Waals surface area contributed by atoms with Gasteiger partial charge in [0.15, 0.2) is 0 Å². The molecule has 4 aliphatic rings. The summed E-state index contributed by atoms with van der Waals surface area (Å²) >= 11 is 0. The number of nitrogens with one attached hydrogen (secondary N) is 1. The molecule has 2 aliphatic heterocycles. The van der Waals surface area contributed by atoms with E-state index in [0.717, 1.165) is 45.2 Å². The summed E-state index contributed by atoms with van der Waals surface area (Å²) in [7, 11) is 0. The molecule has 0 bridgehead atoms. The van der Waals surface area contributed by atoms with E-state index < -0.39 is 6.10 Å². The largest absolute Gasteiger partial charge is 0.466 e. The van der Waals surface area contributed by atoms with Crippen molar-refractivity contribution in [2.24, 2.45) is 29.1 Å². The molecule has 4 rings (SSSR count). The van der Waals surface area contributed by atoms with Crippen molar-refractivity contribution in [1.29, 1.82) is 0 Å². The summed E-state index contributed by atoms with van der Waals surface area (Å²) in [5, 5.41) is 11.5. The summed E-state index contributed by atoms with van der Waals surface area (Å²) in [5.74, 6) is -0.223. The number of likely N-dealkylation sites (tertiary alicyclic amines) is 1. The van der Waals surface area contributed by atoms with Crippen LogP contribution in [0.5, 0.6) is 0 Å². The SMILES string of the molecule is CCOC(=O)C1CC[NH+](CC2C(=O)OC3CC4=CCCC(C)[C@]4(C)C(O)C32)CC1. The first kappa shape index (κ1) is 20.9. The molecule has 0 aromatic carbocycles. The van der Waals surface area contributed by atoms with Gasteiger partial charge in [-0.15, -0.1) is 0 Å². The second kappa shape index (κ2) is 8.03. The van der Waals surface area contributed by atoms with Gasteiger partial charge in [0.1, 0.15) is 12.0 Å². The number of hydrogen-bond acceptors (Lipinski definition) is 5. The fourth-order valence-electron chi connectivity index (χ4n) is 6.33. The van der Waals surface area contributed by atoms with Crippen LogP contribution >= 0.6 is 0 Å². The summed E-state index contributed by atoms with van der Waals surface area (Å²) < 4.78 is 10.9. The number of hydrogen-bond donors (Lipinski definition) is 2. The Labute approximate surface area is 173 Å². The van der Waals surface area contributed by atoms with Crippen LogP contribution in [0.25, 0.3) is 0 Å². The Morgan fingerprint density at radius 3 is 2.76 bits per heavy atom. The van der Waals surface area contributed by atoms with Gasteiger partial charge in [-0.25, -0.2) is 0 Å². The number of allylic oxidation sites excluding steroid dienone is 1. The van der Waals surface area contributed by atoms with E-state index >= 15 is 0 Å². The Morgan fingerprint density at radius 2 is 2.07 bits per heavy atom. The highest BCUT2D eigenvalue weighted by atomic mass is 16.6. The van der Waals surface area contributed by atoms with Gasteiger partial charge in [0, 0.05) is 30.6 Å². The maximum absolute atomic E-state index is 12.8. The number of fused-ring (bicyclic) bond motifs is 2. The predicted octanol–water partition coefficient (Wildman–Crippen LogP) is 1.13. The number of quaternary nitrogens is 1. The van der Waals surface area contributed by atoms with Gasteiger partial charge in [-0.05, 0) is 25.7 Å². The molecular formula is C23H36NO5+. The summed E-state index contributed by atoms with van der Waals surface area (Å²) in [6.07, 6.45) is 6.03. The summed E-state index contributed by atoms with van der Waals surface area (Å²) in [4.78, 5) is 26.1. The second-order valence-corrected chi connectivity index (χ2v) is 9.78. The first-order valence-corrected chi connectivity index (χ1v) is 11.4. The lowest BCUT2D eigenvalue weighted by Crippen LogP contribution is -3.14. The first-order valence-electron chi connectivity index (χ1n) is 11.4. The third-order valence-corrected chi connectivity index (χ3v) is 8.39. The number of carbonyl (C=O) groups excluding carboxylic acids is 2. The highest BCUT2D eigenvalue weighted by molar-refractivity contribution is 5.76. The van der Waals surface area contributed by atoms with Gasteiger partial charge in [0.2, 0.25) is 0 Å². The third-order valence-electron chi connectivity index (χ3n) is 8.39. The van der Waals surface area contributed by atoms with Crippen LogP contribution in [0.15, 0.2) is 11.6 Å². The number of ether oxygens (including phenoxy) is 2. The zero-order chi connectivity index (χ0) is 20.8. The van der Waals surface area contributed by atoms with Crippen LogP contribution in [0.3, 0.4) is 0 Å². The molecule has 0 radical (unpaired) electrons. The normalized spacial score (nSPS) is 44.3. The minimum Gasteiger partial charge on any atom is -0.466 e. The number of carbonyl (C=O) groups is 2. The molecule has 0 spiro atoms. The van der Waals surface area contributed by atoms with E-state index in [1.807, 2.05) is 6.92 Å². The van der Waals surface area contributed by atoms with Crippen LogP contribution in [-0.4, -0.2) is 55.5 Å². The fraction of sp³-hybridized carbons (Fsp3) is 0.826. The fourth-order valence-corrected chi connectivity index (χ4v) is 6.33. The Bertz CT molecular complexity index is 683. The van der Waals surface area contributed by atoms with Gasteiger partial charge in [-0.1, -0.05) is 25.5 Å². The number of esters is 2. The Kier molecular flexibility index (Phi) is 5.77. The number of aliphatic hydroxyl groups is 1. The van der Waals surface area contributed by atoms with E-state index in [9.17, 15) is 14.7 Å². The van der Waals surface area contributed by atoms with Crippen molar-refractivity contribution in [2.75, 3.05) is 26.2 Å². The van der Waals surface area contributed by atoms with Crippen molar-refractivity contribution in [1.82, 2.24) is 0 Å². The zero-order valence-electron chi connectivity index (χ0n) is 18.0. The van der Waals surface area contributed by atoms with E-state index in [-0.39, 0.29) is 41.2 Å². The van der Waals surface area contributed by atoms with E-state index in [1.165, 1.54) is 10.5 Å². The monoisotopic (exact) mass is 406 g/mol. The summed E-state index contributed by atoms with van der Waals surface area (Å²) in [5.41, 5.74) is 1.03. The van der Waals surface area contributed by atoms with Gasteiger partial charge < -0.3 is 19.5 Å². The molecule has 2 aliphatic carbocycles. The van der Waals surface area contributed by atoms with Crippen molar-refractivity contribution in [2.45, 2.75) is 65.1 Å². The molecular weight excluding hydrogens is 370 g/mol. The van der Waals surface area contributed by atoms with Gasteiger partial charge in [-0.3, -0.25) is 9.59 Å². The van der Waals surface area contributed by atoms with Crippen molar-refractivity contribution >= 4 is 11.9 Å². The lowest BCUT2D eigenvalue weighted by molar-refractivity contribution is -0.908. The number of piperidine rings is 1. The Morgan fingerprint density at radius 1 is 1.34 bits per heavy atom. The molecule has 0 aromatic heterocycles. The van der Waals surface area contributed by atoms with E-state index in [4.69, 9.17) is 9.47 Å². The summed E-state index contributed by atoms with van der Waals surface area (Å²) in [6, 6.07) is 0. The van der Waals surface area contributed by atoms with Crippen molar-refractivity contribution in [3.8, 4) is 0 Å². The van der Waals surface area contributed by atoms with Crippen molar-refractivity contribution in [3.63, 3.8) is 0 Å². The van der Waals surface area contributed by atoms with Crippen LogP contribution in [0.2, 0.25) is 0 Å². The molecule has 6 nitrogen and oxygen atoms in total. The molecule has 5 unspecified atom stereocenters. The predicted molar refractivity (Wildman–Crippen MR) is 107 cm³/mol. The highest BCUT2D eigenvalue weighted by Crippen LogP contribution is 2.55. The van der Waals surface area contributed by atoms with Crippen molar-refractivity contribution in [3.05, 3.63) is 11.6 Å². The molecule has 2 saturated heterocycles. The molecule has 6 atom stereocenters. The standard InChI is InChI=1S/C23H35NO5/c1-4-28-21(26)15-8-10-24(11-9-15)13-17-19-18(29-22(17)27)12-16-7-5-6-14(2)23(16,3)20(19)25/h7,14-15,17-20,25H,4-6,8-13H2,1-3H3/p+1/t14?,17?,18?,19?,20?,23-/m0/s1. The average Bonchev–Trinajstić information content (AvgIpc) is 3.00. The smallest absolute Gasteiger partial charge is 0.315 e. The van der Waals surface area contributed by atoms with Gasteiger partial charge in [0.25, 0.3) is 0 Å². The van der Waals surface area contributed by atoms with Gasteiger partial charge >= 0.3 is 11.9 Å². The van der Waals surface area contributed by atoms with E-state index in [2.05, 4.69) is 19.9 Å². The number of aliphatic hydroxyl groups excluding tert-OH is 1. The molecule has 162 valence electrons. The molecule has 3 fully saturated rings. The van der Waals surface area contributed by atoms with Crippen LogP contribution in [0, 0.1) is 29.1 Å². The number of rotatable bonds is 4. The van der Waals surface area contributed by atoms with E-state index in [1.54, 1.807) is 0 Å².